The van der Waals surface area contributed by atoms with Gasteiger partial charge in [-0.3, -0.25) is 9.36 Å². The van der Waals surface area contributed by atoms with Crippen molar-refractivity contribution in [3.63, 3.8) is 0 Å². The van der Waals surface area contributed by atoms with Gasteiger partial charge in [0.25, 0.3) is 0 Å². The summed E-state index contributed by atoms with van der Waals surface area (Å²) in [5, 5.41) is 2.63. The molecule has 19 heavy (non-hydrogen) atoms. The third-order valence-electron chi connectivity index (χ3n) is 3.44. The number of nitrogens with one attached hydrogen (secondary N) is 1. The summed E-state index contributed by atoms with van der Waals surface area (Å²) in [6.07, 6.45) is 6.41. The number of methoxy groups -OCH3 is 1. The van der Waals surface area contributed by atoms with E-state index in [0.29, 0.717) is 12.3 Å². The molecule has 0 aromatic carbocycles. The lowest BCUT2D eigenvalue weighted by Gasteiger charge is -2.27. The van der Waals surface area contributed by atoms with Gasteiger partial charge in [-0.15, -0.1) is 0 Å². The predicted molar refractivity (Wildman–Crippen MR) is 73.6 cm³/mol. The van der Waals surface area contributed by atoms with E-state index in [1.165, 1.54) is 26.4 Å². The molecule has 1 aliphatic carbocycles. The van der Waals surface area contributed by atoms with E-state index in [-0.39, 0.29) is 6.61 Å². The van der Waals surface area contributed by atoms with Crippen LogP contribution in [0, 0.1) is 5.92 Å². The lowest BCUT2D eigenvalue weighted by Crippen LogP contribution is -2.39. The molecule has 0 bridgehead atoms. The fraction of sp³-hybridized carbons (Fsp3) is 0.917. The Hall–Kier alpha value is -0.420. The summed E-state index contributed by atoms with van der Waals surface area (Å²) in [7, 11) is -2.11. The summed E-state index contributed by atoms with van der Waals surface area (Å²) in [6.45, 7) is 1.94. The maximum Gasteiger partial charge on any atom is 0.338 e. The van der Waals surface area contributed by atoms with Gasteiger partial charge in [0.15, 0.2) is 0 Å². The summed E-state index contributed by atoms with van der Waals surface area (Å²) in [6, 6.07) is -0.657. The standard InChI is InChI=1S/C12H25N2O4P/c1-3-18-19(13,16)14-11(12(15)17-2)9-10-7-5-4-6-8-10/h10-11H,3-9H2,1-2H3,(H3,13,14,16)/t11-,19?/m0/s1. The normalized spacial score (nSPS) is 21.6. The molecule has 0 spiro atoms. The molecule has 1 aliphatic rings. The van der Waals surface area contributed by atoms with Gasteiger partial charge in [-0.25, -0.2) is 10.6 Å². The maximum absolute atomic E-state index is 11.9. The van der Waals surface area contributed by atoms with Crippen LogP contribution in [0.4, 0.5) is 0 Å². The van der Waals surface area contributed by atoms with E-state index in [1.807, 2.05) is 0 Å². The summed E-state index contributed by atoms with van der Waals surface area (Å²) < 4.78 is 21.6. The van der Waals surface area contributed by atoms with E-state index in [1.54, 1.807) is 6.92 Å². The van der Waals surface area contributed by atoms with E-state index in [4.69, 9.17) is 14.8 Å². The molecule has 112 valence electrons. The lowest BCUT2D eigenvalue weighted by atomic mass is 9.85. The minimum atomic E-state index is -3.43. The largest absolute Gasteiger partial charge is 0.468 e. The van der Waals surface area contributed by atoms with Crippen LogP contribution in [0.2, 0.25) is 0 Å². The number of hydrogen-bond donors (Lipinski definition) is 2. The fourth-order valence-corrected chi connectivity index (χ4v) is 3.65. The summed E-state index contributed by atoms with van der Waals surface area (Å²) in [5.74, 6) is 0.0166. The monoisotopic (exact) mass is 292 g/mol. The molecular weight excluding hydrogens is 267 g/mol. The van der Waals surface area contributed by atoms with Crippen molar-refractivity contribution in [1.29, 1.82) is 0 Å². The van der Waals surface area contributed by atoms with Crippen molar-refractivity contribution in [2.45, 2.75) is 51.5 Å². The van der Waals surface area contributed by atoms with E-state index < -0.39 is 19.7 Å². The highest BCUT2D eigenvalue weighted by molar-refractivity contribution is 7.54. The molecule has 7 heteroatoms. The molecule has 1 unspecified atom stereocenters. The second-order valence-electron chi connectivity index (χ2n) is 4.96. The molecule has 1 fully saturated rings. The highest BCUT2D eigenvalue weighted by atomic mass is 31.2. The van der Waals surface area contributed by atoms with Crippen LogP contribution in [0.1, 0.15) is 45.4 Å². The zero-order valence-electron chi connectivity index (χ0n) is 11.8. The first-order valence-electron chi connectivity index (χ1n) is 6.87. The molecule has 0 heterocycles. The Morgan fingerprint density at radius 2 is 2.05 bits per heavy atom. The Bertz CT molecular complexity index is 332. The quantitative estimate of drug-likeness (QED) is 0.552. The molecule has 0 radical (unpaired) electrons. The number of nitrogens with two attached hydrogens (primary N) is 1. The molecule has 0 aromatic rings. The van der Waals surface area contributed by atoms with Gasteiger partial charge in [0.1, 0.15) is 6.04 Å². The van der Waals surface area contributed by atoms with E-state index in [0.717, 1.165) is 12.8 Å². The van der Waals surface area contributed by atoms with Crippen LogP contribution in [0.3, 0.4) is 0 Å². The van der Waals surface area contributed by atoms with Crippen LogP contribution in [0.25, 0.3) is 0 Å². The zero-order chi connectivity index (χ0) is 14.3. The van der Waals surface area contributed by atoms with Crippen LogP contribution < -0.4 is 10.6 Å². The summed E-state index contributed by atoms with van der Waals surface area (Å²) in [4.78, 5) is 11.8. The highest BCUT2D eigenvalue weighted by Crippen LogP contribution is 2.35. The molecule has 1 rings (SSSR count). The number of carbonyl (C=O) groups is 1. The zero-order valence-corrected chi connectivity index (χ0v) is 12.7. The first-order chi connectivity index (χ1) is 8.98. The van der Waals surface area contributed by atoms with E-state index in [2.05, 4.69) is 5.09 Å². The summed E-state index contributed by atoms with van der Waals surface area (Å²) in [5.41, 5.74) is 5.54. The molecule has 0 amide bonds. The first kappa shape index (κ1) is 16.6. The number of carbonyl (C=O) groups excluding carboxylic acids is 1. The Balaban J connectivity index is 2.60. The third kappa shape index (κ3) is 6.04. The number of hydrogen-bond acceptors (Lipinski definition) is 4. The molecular formula is C12H25N2O4P. The predicted octanol–water partition coefficient (Wildman–Crippen LogP) is 2.19. The molecule has 0 aliphatic heterocycles. The van der Waals surface area contributed by atoms with Gasteiger partial charge in [-0.2, -0.15) is 0 Å². The Morgan fingerprint density at radius 1 is 1.42 bits per heavy atom. The van der Waals surface area contributed by atoms with Crippen molar-refractivity contribution >= 4 is 13.6 Å². The van der Waals surface area contributed by atoms with Gasteiger partial charge < -0.3 is 9.26 Å². The lowest BCUT2D eigenvalue weighted by molar-refractivity contribution is -0.143. The van der Waals surface area contributed by atoms with Crippen LogP contribution in [0.15, 0.2) is 0 Å². The van der Waals surface area contributed by atoms with Gasteiger partial charge in [0, 0.05) is 0 Å². The smallest absolute Gasteiger partial charge is 0.338 e. The van der Waals surface area contributed by atoms with Crippen LogP contribution in [0.5, 0.6) is 0 Å². The molecule has 0 saturated heterocycles. The number of rotatable bonds is 7. The Kier molecular flexibility index (Phi) is 7.00. The van der Waals surface area contributed by atoms with Crippen molar-refractivity contribution in [3.05, 3.63) is 0 Å². The highest BCUT2D eigenvalue weighted by Gasteiger charge is 2.30. The van der Waals surface area contributed by atoms with Crippen molar-refractivity contribution in [2.24, 2.45) is 11.4 Å². The summed E-state index contributed by atoms with van der Waals surface area (Å²) >= 11 is 0. The topological polar surface area (TPSA) is 90.6 Å². The van der Waals surface area contributed by atoms with Crippen molar-refractivity contribution in [1.82, 2.24) is 5.09 Å². The van der Waals surface area contributed by atoms with Crippen LogP contribution >= 0.6 is 7.67 Å². The van der Waals surface area contributed by atoms with Crippen LogP contribution in [-0.4, -0.2) is 25.7 Å². The maximum atomic E-state index is 11.9. The van der Waals surface area contributed by atoms with Gasteiger partial charge in [0.2, 0.25) is 0 Å². The average Bonchev–Trinajstić information content (AvgIpc) is 2.38. The molecule has 3 N–H and O–H groups in total. The Morgan fingerprint density at radius 3 is 2.58 bits per heavy atom. The van der Waals surface area contributed by atoms with Gasteiger partial charge >= 0.3 is 13.6 Å². The van der Waals surface area contributed by atoms with Crippen molar-refractivity contribution < 1.29 is 18.6 Å². The average molecular weight is 292 g/mol. The second-order valence-corrected chi connectivity index (χ2v) is 6.67. The van der Waals surface area contributed by atoms with Gasteiger partial charge in [0.05, 0.1) is 13.7 Å². The van der Waals surface area contributed by atoms with Gasteiger partial charge in [-0.1, -0.05) is 32.1 Å². The molecule has 0 aromatic heterocycles. The van der Waals surface area contributed by atoms with E-state index >= 15 is 0 Å². The Labute approximate surface area is 115 Å². The van der Waals surface area contributed by atoms with Crippen LogP contribution in [-0.2, 0) is 18.6 Å². The molecule has 2 atom stereocenters. The van der Waals surface area contributed by atoms with E-state index in [9.17, 15) is 9.36 Å². The third-order valence-corrected chi connectivity index (χ3v) is 4.75. The second kappa shape index (κ2) is 8.00. The first-order valence-corrected chi connectivity index (χ1v) is 8.56. The SMILES string of the molecule is CCOP(N)(=O)N[C@@H](CC1CCCCC1)C(=O)OC. The minimum Gasteiger partial charge on any atom is -0.468 e. The number of esters is 1. The molecule has 1 saturated carbocycles. The van der Waals surface area contributed by atoms with Crippen molar-refractivity contribution in [2.75, 3.05) is 13.7 Å². The molecule has 6 nitrogen and oxygen atoms in total. The number of ether oxygens (including phenoxy) is 1. The van der Waals surface area contributed by atoms with Crippen molar-refractivity contribution in [3.8, 4) is 0 Å². The minimum absolute atomic E-state index is 0.234. The van der Waals surface area contributed by atoms with Gasteiger partial charge in [-0.05, 0) is 19.3 Å². The fourth-order valence-electron chi connectivity index (χ4n) is 2.55.